The molecule has 4 N–H and O–H groups in total. The monoisotopic (exact) mass is 240 g/mol. The lowest BCUT2D eigenvalue weighted by atomic mass is 9.93. The third-order valence-electron chi connectivity index (χ3n) is 3.03. The van der Waals surface area contributed by atoms with E-state index in [-0.39, 0.29) is 17.4 Å². The zero-order valence-electron chi connectivity index (χ0n) is 11.2. The SMILES string of the molecule is CC1CCC(C(N)=O)CN1C(N)=NC(C)(C)C. The zero-order chi connectivity index (χ0) is 13.2. The van der Waals surface area contributed by atoms with Crippen LogP contribution in [0.1, 0.15) is 40.5 Å². The summed E-state index contributed by atoms with van der Waals surface area (Å²) in [6.07, 6.45) is 1.77. The maximum Gasteiger partial charge on any atom is 0.222 e. The first-order chi connectivity index (χ1) is 7.70. The molecule has 0 bridgehead atoms. The van der Waals surface area contributed by atoms with Gasteiger partial charge in [0.05, 0.1) is 11.5 Å². The molecule has 1 aliphatic rings. The first kappa shape index (κ1) is 13.8. The van der Waals surface area contributed by atoms with E-state index in [0.717, 1.165) is 12.8 Å². The van der Waals surface area contributed by atoms with Crippen molar-refractivity contribution in [3.63, 3.8) is 0 Å². The van der Waals surface area contributed by atoms with Gasteiger partial charge in [0.2, 0.25) is 5.91 Å². The minimum absolute atomic E-state index is 0.111. The molecule has 0 aliphatic carbocycles. The highest BCUT2D eigenvalue weighted by Crippen LogP contribution is 2.22. The average Bonchev–Trinajstić information content (AvgIpc) is 2.14. The van der Waals surface area contributed by atoms with Crippen LogP contribution in [-0.4, -0.2) is 34.9 Å². The molecule has 0 aromatic carbocycles. The van der Waals surface area contributed by atoms with Gasteiger partial charge < -0.3 is 16.4 Å². The molecular weight excluding hydrogens is 216 g/mol. The normalized spacial score (nSPS) is 27.1. The van der Waals surface area contributed by atoms with E-state index in [9.17, 15) is 4.79 Å². The Bertz CT molecular complexity index is 319. The number of guanidine groups is 1. The van der Waals surface area contributed by atoms with Gasteiger partial charge >= 0.3 is 0 Å². The number of carbonyl (C=O) groups is 1. The second kappa shape index (κ2) is 4.94. The van der Waals surface area contributed by atoms with Gasteiger partial charge in [0.15, 0.2) is 5.96 Å². The molecule has 1 saturated heterocycles. The summed E-state index contributed by atoms with van der Waals surface area (Å²) in [7, 11) is 0. The molecule has 1 amide bonds. The molecule has 0 saturated carbocycles. The third-order valence-corrected chi connectivity index (χ3v) is 3.03. The van der Waals surface area contributed by atoms with E-state index < -0.39 is 0 Å². The van der Waals surface area contributed by atoms with Crippen LogP contribution in [0, 0.1) is 5.92 Å². The summed E-state index contributed by atoms with van der Waals surface area (Å²) in [5.41, 5.74) is 11.2. The molecule has 1 rings (SSSR count). The number of nitrogens with two attached hydrogens (primary N) is 2. The standard InChI is InChI=1S/C12H24N4O/c1-8-5-6-9(10(13)17)7-16(8)11(14)15-12(2,3)4/h8-9H,5-7H2,1-4H3,(H2,13,17)(H2,14,15). The fraction of sp³-hybridized carbons (Fsp3) is 0.833. The van der Waals surface area contributed by atoms with Crippen molar-refractivity contribution in [2.45, 2.75) is 52.1 Å². The van der Waals surface area contributed by atoms with Crippen LogP contribution >= 0.6 is 0 Å². The average molecular weight is 240 g/mol. The summed E-state index contributed by atoms with van der Waals surface area (Å²) in [6.45, 7) is 8.68. The number of likely N-dealkylation sites (tertiary alicyclic amines) is 1. The first-order valence-electron chi connectivity index (χ1n) is 6.12. The molecule has 1 aliphatic heterocycles. The molecule has 17 heavy (non-hydrogen) atoms. The van der Waals surface area contributed by atoms with Gasteiger partial charge in [-0.1, -0.05) is 0 Å². The summed E-state index contributed by atoms with van der Waals surface area (Å²) < 4.78 is 0. The van der Waals surface area contributed by atoms with Gasteiger partial charge in [-0.3, -0.25) is 4.79 Å². The third kappa shape index (κ3) is 3.91. The van der Waals surface area contributed by atoms with Gasteiger partial charge in [0.25, 0.3) is 0 Å². The Morgan fingerprint density at radius 1 is 1.29 bits per heavy atom. The number of piperidine rings is 1. The molecule has 0 spiro atoms. The molecule has 98 valence electrons. The highest BCUT2D eigenvalue weighted by atomic mass is 16.1. The number of hydrogen-bond acceptors (Lipinski definition) is 2. The number of aliphatic imine (C=N–C) groups is 1. The van der Waals surface area contributed by atoms with Crippen LogP contribution < -0.4 is 11.5 Å². The van der Waals surface area contributed by atoms with Crippen molar-refractivity contribution in [2.24, 2.45) is 22.4 Å². The summed E-state index contributed by atoms with van der Waals surface area (Å²) in [5, 5.41) is 0. The lowest BCUT2D eigenvalue weighted by molar-refractivity contribution is -0.123. The summed E-state index contributed by atoms with van der Waals surface area (Å²) >= 11 is 0. The van der Waals surface area contributed by atoms with E-state index in [1.165, 1.54) is 0 Å². The van der Waals surface area contributed by atoms with Crippen molar-refractivity contribution in [3.05, 3.63) is 0 Å². The van der Waals surface area contributed by atoms with Crippen molar-refractivity contribution in [2.75, 3.05) is 6.54 Å². The number of amides is 1. The van der Waals surface area contributed by atoms with Gasteiger partial charge in [0.1, 0.15) is 0 Å². The van der Waals surface area contributed by atoms with Crippen molar-refractivity contribution in [3.8, 4) is 0 Å². The second-order valence-electron chi connectivity index (χ2n) is 5.82. The lowest BCUT2D eigenvalue weighted by Crippen LogP contribution is -2.52. The maximum absolute atomic E-state index is 11.2. The zero-order valence-corrected chi connectivity index (χ0v) is 11.2. The number of hydrogen-bond donors (Lipinski definition) is 2. The molecular formula is C12H24N4O. The van der Waals surface area contributed by atoms with Gasteiger partial charge in [0, 0.05) is 12.6 Å². The van der Waals surface area contributed by atoms with E-state index in [0.29, 0.717) is 18.5 Å². The Balaban J connectivity index is 2.80. The Morgan fingerprint density at radius 2 is 1.88 bits per heavy atom. The molecule has 5 nitrogen and oxygen atoms in total. The fourth-order valence-electron chi connectivity index (χ4n) is 2.07. The number of rotatable bonds is 1. The van der Waals surface area contributed by atoms with Gasteiger partial charge in [-0.05, 0) is 40.5 Å². The molecule has 2 atom stereocenters. The molecule has 1 fully saturated rings. The number of carbonyl (C=O) groups excluding carboxylic acids is 1. The Kier molecular flexibility index (Phi) is 4.01. The largest absolute Gasteiger partial charge is 0.370 e. The van der Waals surface area contributed by atoms with Crippen LogP contribution in [-0.2, 0) is 4.79 Å². The second-order valence-corrected chi connectivity index (χ2v) is 5.82. The van der Waals surface area contributed by atoms with E-state index in [1.807, 2.05) is 25.7 Å². The van der Waals surface area contributed by atoms with Crippen molar-refractivity contribution < 1.29 is 4.79 Å². The Morgan fingerprint density at radius 3 is 2.35 bits per heavy atom. The van der Waals surface area contributed by atoms with E-state index in [4.69, 9.17) is 11.5 Å². The molecule has 2 unspecified atom stereocenters. The topological polar surface area (TPSA) is 84.7 Å². The van der Waals surface area contributed by atoms with Crippen LogP contribution in [0.5, 0.6) is 0 Å². The summed E-state index contributed by atoms with van der Waals surface area (Å²) in [4.78, 5) is 17.7. The van der Waals surface area contributed by atoms with Crippen molar-refractivity contribution in [1.82, 2.24) is 4.90 Å². The molecule has 0 aromatic rings. The number of primary amides is 1. The minimum atomic E-state index is -0.245. The molecule has 0 radical (unpaired) electrons. The van der Waals surface area contributed by atoms with Gasteiger partial charge in [-0.15, -0.1) is 0 Å². The van der Waals surface area contributed by atoms with Crippen LogP contribution in [0.4, 0.5) is 0 Å². The van der Waals surface area contributed by atoms with Crippen molar-refractivity contribution >= 4 is 11.9 Å². The van der Waals surface area contributed by atoms with Crippen LogP contribution in [0.15, 0.2) is 4.99 Å². The van der Waals surface area contributed by atoms with E-state index in [2.05, 4.69) is 11.9 Å². The predicted octanol–water partition coefficient (Wildman–Crippen LogP) is 0.685. The molecule has 0 aromatic heterocycles. The van der Waals surface area contributed by atoms with Crippen molar-refractivity contribution in [1.29, 1.82) is 0 Å². The highest BCUT2D eigenvalue weighted by molar-refractivity contribution is 5.81. The van der Waals surface area contributed by atoms with E-state index >= 15 is 0 Å². The molecule has 1 heterocycles. The van der Waals surface area contributed by atoms with Crippen LogP contribution in [0.3, 0.4) is 0 Å². The highest BCUT2D eigenvalue weighted by Gasteiger charge is 2.30. The first-order valence-corrected chi connectivity index (χ1v) is 6.12. The molecule has 5 heteroatoms. The predicted molar refractivity (Wildman–Crippen MR) is 69.5 cm³/mol. The Labute approximate surface area is 103 Å². The summed E-state index contributed by atoms with van der Waals surface area (Å²) in [5.74, 6) is 0.154. The summed E-state index contributed by atoms with van der Waals surface area (Å²) in [6, 6.07) is 0.316. The van der Waals surface area contributed by atoms with Gasteiger partial charge in [-0.2, -0.15) is 0 Å². The number of nitrogens with zero attached hydrogens (tertiary/aromatic N) is 2. The van der Waals surface area contributed by atoms with Crippen LogP contribution in [0.2, 0.25) is 0 Å². The minimum Gasteiger partial charge on any atom is -0.370 e. The quantitative estimate of drug-likeness (QED) is 0.522. The smallest absolute Gasteiger partial charge is 0.222 e. The lowest BCUT2D eigenvalue weighted by Gasteiger charge is -2.38. The van der Waals surface area contributed by atoms with E-state index in [1.54, 1.807) is 0 Å². The van der Waals surface area contributed by atoms with Crippen LogP contribution in [0.25, 0.3) is 0 Å². The van der Waals surface area contributed by atoms with Gasteiger partial charge in [-0.25, -0.2) is 4.99 Å². The fourth-order valence-corrected chi connectivity index (χ4v) is 2.07. The maximum atomic E-state index is 11.2. The Hall–Kier alpha value is -1.26.